The van der Waals surface area contributed by atoms with Gasteiger partial charge in [0.2, 0.25) is 5.91 Å². The number of carbonyl (C=O) groups excluding carboxylic acids is 2. The van der Waals surface area contributed by atoms with Crippen molar-refractivity contribution in [3.63, 3.8) is 0 Å². The van der Waals surface area contributed by atoms with E-state index in [2.05, 4.69) is 10.1 Å². The molecule has 0 aliphatic carbocycles. The molecule has 0 fully saturated rings. The third kappa shape index (κ3) is 5.98. The minimum atomic E-state index is -4.80. The van der Waals surface area contributed by atoms with Crippen LogP contribution in [0.3, 0.4) is 0 Å². The molecule has 0 heterocycles. The van der Waals surface area contributed by atoms with Crippen LogP contribution in [-0.2, 0) is 4.79 Å². The number of rotatable bonds is 5. The van der Waals surface area contributed by atoms with Crippen molar-refractivity contribution in [3.05, 3.63) is 59.4 Å². The molecule has 0 atom stereocenters. The molecule has 9 heteroatoms. The number of likely N-dealkylation sites (N-methyl/N-ethyl adjacent to an activating group) is 1. The molecule has 0 saturated heterocycles. The minimum Gasteiger partial charge on any atom is -0.406 e. The first kappa shape index (κ1) is 20.2. The van der Waals surface area contributed by atoms with Crippen LogP contribution in [0.4, 0.5) is 23.2 Å². The number of hydrogen-bond acceptors (Lipinski definition) is 3. The van der Waals surface area contributed by atoms with Gasteiger partial charge in [-0.1, -0.05) is 6.07 Å². The van der Waals surface area contributed by atoms with E-state index in [0.29, 0.717) is 5.56 Å². The number of benzene rings is 2. The van der Waals surface area contributed by atoms with Crippen molar-refractivity contribution >= 4 is 17.5 Å². The molecule has 0 saturated carbocycles. The summed E-state index contributed by atoms with van der Waals surface area (Å²) in [6.07, 6.45) is -4.80. The summed E-state index contributed by atoms with van der Waals surface area (Å²) in [5.74, 6) is -2.06. The lowest BCUT2D eigenvalue weighted by Crippen LogP contribution is -2.35. The zero-order chi connectivity index (χ0) is 20.2. The number of aryl methyl sites for hydroxylation is 1. The van der Waals surface area contributed by atoms with Crippen LogP contribution >= 0.6 is 0 Å². The fraction of sp³-hybridized carbons (Fsp3) is 0.222. The molecule has 0 unspecified atom stereocenters. The molecule has 5 nitrogen and oxygen atoms in total. The molecule has 2 rings (SSSR count). The monoisotopic (exact) mass is 384 g/mol. The Balaban J connectivity index is 1.94. The standard InChI is InChI=1S/C18H16F4N2O3/c1-11-3-4-12(9-15(11)19)17(26)24(2)10-16(25)23-13-5-7-14(8-6-13)27-18(20,21)22/h3-9H,10H2,1-2H3,(H,23,25). The Kier molecular flexibility index (Phi) is 6.04. The second-order valence-corrected chi connectivity index (χ2v) is 5.75. The van der Waals surface area contributed by atoms with Gasteiger partial charge in [0, 0.05) is 18.3 Å². The number of nitrogens with zero attached hydrogens (tertiary/aromatic N) is 1. The second kappa shape index (κ2) is 8.07. The van der Waals surface area contributed by atoms with E-state index in [1.54, 1.807) is 6.92 Å². The number of amides is 2. The molecule has 27 heavy (non-hydrogen) atoms. The van der Waals surface area contributed by atoms with Gasteiger partial charge in [-0.3, -0.25) is 9.59 Å². The summed E-state index contributed by atoms with van der Waals surface area (Å²) >= 11 is 0. The molecule has 0 spiro atoms. The van der Waals surface area contributed by atoms with E-state index in [4.69, 9.17) is 0 Å². The molecule has 0 bridgehead atoms. The summed E-state index contributed by atoms with van der Waals surface area (Å²) in [5.41, 5.74) is 0.726. The second-order valence-electron chi connectivity index (χ2n) is 5.75. The van der Waals surface area contributed by atoms with Crippen molar-refractivity contribution in [3.8, 4) is 5.75 Å². The number of ether oxygens (including phenoxy) is 1. The Hall–Kier alpha value is -3.10. The SMILES string of the molecule is Cc1ccc(C(=O)N(C)CC(=O)Nc2ccc(OC(F)(F)F)cc2)cc1F. The van der Waals surface area contributed by atoms with Crippen molar-refractivity contribution in [1.29, 1.82) is 0 Å². The van der Waals surface area contributed by atoms with Gasteiger partial charge in [-0.15, -0.1) is 13.2 Å². The maximum absolute atomic E-state index is 13.6. The van der Waals surface area contributed by atoms with Gasteiger partial charge < -0.3 is 15.0 Å². The van der Waals surface area contributed by atoms with Gasteiger partial charge in [0.1, 0.15) is 11.6 Å². The third-order valence-corrected chi connectivity index (χ3v) is 3.52. The highest BCUT2D eigenvalue weighted by Gasteiger charge is 2.31. The maximum atomic E-state index is 13.6. The first-order valence-corrected chi connectivity index (χ1v) is 7.72. The fourth-order valence-electron chi connectivity index (χ4n) is 2.17. The Morgan fingerprint density at radius 3 is 2.30 bits per heavy atom. The number of nitrogens with one attached hydrogen (secondary N) is 1. The van der Waals surface area contributed by atoms with Crippen LogP contribution in [0.5, 0.6) is 5.75 Å². The summed E-state index contributed by atoms with van der Waals surface area (Å²) in [7, 11) is 1.37. The molecule has 2 amide bonds. The molecule has 2 aromatic rings. The van der Waals surface area contributed by atoms with Crippen LogP contribution < -0.4 is 10.1 Å². The fourth-order valence-corrected chi connectivity index (χ4v) is 2.17. The van der Waals surface area contributed by atoms with Gasteiger partial charge >= 0.3 is 6.36 Å². The molecule has 0 aliphatic rings. The van der Waals surface area contributed by atoms with E-state index >= 15 is 0 Å². The van der Waals surface area contributed by atoms with Crippen LogP contribution in [0.1, 0.15) is 15.9 Å². The molecule has 2 aromatic carbocycles. The quantitative estimate of drug-likeness (QED) is 0.799. The number of hydrogen-bond donors (Lipinski definition) is 1. The van der Waals surface area contributed by atoms with Crippen LogP contribution in [-0.4, -0.2) is 36.7 Å². The topological polar surface area (TPSA) is 58.6 Å². The summed E-state index contributed by atoms with van der Waals surface area (Å²) in [5, 5.41) is 2.45. The van der Waals surface area contributed by atoms with Crippen molar-refractivity contribution in [1.82, 2.24) is 4.90 Å². The average Bonchev–Trinajstić information content (AvgIpc) is 2.57. The van der Waals surface area contributed by atoms with Crippen LogP contribution in [0.25, 0.3) is 0 Å². The summed E-state index contributed by atoms with van der Waals surface area (Å²) in [6.45, 7) is 1.24. The highest BCUT2D eigenvalue weighted by molar-refractivity contribution is 5.99. The van der Waals surface area contributed by atoms with E-state index < -0.39 is 29.7 Å². The van der Waals surface area contributed by atoms with E-state index in [0.717, 1.165) is 23.1 Å². The first-order chi connectivity index (χ1) is 12.5. The number of alkyl halides is 3. The van der Waals surface area contributed by atoms with E-state index in [1.807, 2.05) is 0 Å². The maximum Gasteiger partial charge on any atom is 0.573 e. The normalized spacial score (nSPS) is 11.0. The molecule has 144 valence electrons. The summed E-state index contributed by atoms with van der Waals surface area (Å²) < 4.78 is 53.6. The van der Waals surface area contributed by atoms with Crippen LogP contribution in [0.2, 0.25) is 0 Å². The average molecular weight is 384 g/mol. The van der Waals surface area contributed by atoms with Crippen LogP contribution in [0.15, 0.2) is 42.5 Å². The highest BCUT2D eigenvalue weighted by Crippen LogP contribution is 2.24. The smallest absolute Gasteiger partial charge is 0.406 e. The summed E-state index contributed by atoms with van der Waals surface area (Å²) in [6, 6.07) is 8.56. The van der Waals surface area contributed by atoms with E-state index in [1.165, 1.54) is 31.3 Å². The molecular formula is C18H16F4N2O3. The van der Waals surface area contributed by atoms with Crippen LogP contribution in [0, 0.1) is 12.7 Å². The molecular weight excluding hydrogens is 368 g/mol. The molecule has 0 radical (unpaired) electrons. The summed E-state index contributed by atoms with van der Waals surface area (Å²) in [4.78, 5) is 25.3. The predicted octanol–water partition coefficient (Wildman–Crippen LogP) is 3.74. The van der Waals surface area contributed by atoms with Gasteiger partial charge in [0.15, 0.2) is 0 Å². The van der Waals surface area contributed by atoms with Gasteiger partial charge in [-0.25, -0.2) is 4.39 Å². The Morgan fingerprint density at radius 2 is 1.74 bits per heavy atom. The van der Waals surface area contributed by atoms with Crippen molar-refractivity contribution in [2.24, 2.45) is 0 Å². The van der Waals surface area contributed by atoms with Gasteiger partial charge in [0.25, 0.3) is 5.91 Å². The molecule has 0 aliphatic heterocycles. The number of anilines is 1. The lowest BCUT2D eigenvalue weighted by Gasteiger charge is -2.17. The lowest BCUT2D eigenvalue weighted by atomic mass is 10.1. The Morgan fingerprint density at radius 1 is 1.11 bits per heavy atom. The van der Waals surface area contributed by atoms with Crippen molar-refractivity contribution in [2.45, 2.75) is 13.3 Å². The lowest BCUT2D eigenvalue weighted by molar-refractivity contribution is -0.274. The van der Waals surface area contributed by atoms with E-state index in [-0.39, 0.29) is 17.8 Å². The van der Waals surface area contributed by atoms with Crippen molar-refractivity contribution in [2.75, 3.05) is 18.9 Å². The van der Waals surface area contributed by atoms with Gasteiger partial charge in [0.05, 0.1) is 6.54 Å². The van der Waals surface area contributed by atoms with Crippen molar-refractivity contribution < 1.29 is 31.9 Å². The Labute approximate surface area is 152 Å². The highest BCUT2D eigenvalue weighted by atomic mass is 19.4. The molecule has 0 aromatic heterocycles. The molecule has 1 N–H and O–H groups in total. The van der Waals surface area contributed by atoms with Gasteiger partial charge in [-0.2, -0.15) is 0 Å². The predicted molar refractivity (Wildman–Crippen MR) is 89.9 cm³/mol. The third-order valence-electron chi connectivity index (χ3n) is 3.52. The number of carbonyl (C=O) groups is 2. The Bertz CT molecular complexity index is 835. The van der Waals surface area contributed by atoms with Gasteiger partial charge in [-0.05, 0) is 48.9 Å². The van der Waals surface area contributed by atoms with E-state index in [9.17, 15) is 27.2 Å². The zero-order valence-electron chi connectivity index (χ0n) is 14.4. The first-order valence-electron chi connectivity index (χ1n) is 7.72. The largest absolute Gasteiger partial charge is 0.573 e. The minimum absolute atomic E-state index is 0.0991. The number of halogens is 4. The zero-order valence-corrected chi connectivity index (χ0v) is 14.4.